The fourth-order valence-electron chi connectivity index (χ4n) is 2.82. The zero-order valence-corrected chi connectivity index (χ0v) is 15.6. The highest BCUT2D eigenvalue weighted by Gasteiger charge is 2.29. The number of likely N-dealkylation sites (N-methyl/N-ethyl adjacent to an activating group) is 1. The molecule has 2 atom stereocenters. The SMILES string of the molecule is CC[NH+](CC(=O)NCc1ccc(F)cc1)CC(=O)N[C@H]1CCS(=O)(=O)C1. The van der Waals surface area contributed by atoms with Gasteiger partial charge in [-0.1, -0.05) is 12.1 Å². The molecular formula is C17H25FN3O4S+. The van der Waals surface area contributed by atoms with Gasteiger partial charge in [-0.2, -0.15) is 0 Å². The lowest BCUT2D eigenvalue weighted by Gasteiger charge is -2.18. The van der Waals surface area contributed by atoms with Crippen LogP contribution in [0.3, 0.4) is 0 Å². The molecule has 1 aromatic rings. The van der Waals surface area contributed by atoms with E-state index in [0.29, 0.717) is 19.5 Å². The molecular weight excluding hydrogens is 361 g/mol. The maximum Gasteiger partial charge on any atom is 0.275 e. The smallest absolute Gasteiger partial charge is 0.275 e. The van der Waals surface area contributed by atoms with Crippen molar-refractivity contribution in [3.8, 4) is 0 Å². The molecule has 1 aliphatic rings. The van der Waals surface area contributed by atoms with Gasteiger partial charge >= 0.3 is 0 Å². The molecule has 0 bridgehead atoms. The fraction of sp³-hybridized carbons (Fsp3) is 0.529. The third kappa shape index (κ3) is 6.72. The zero-order valence-electron chi connectivity index (χ0n) is 14.8. The standard InChI is InChI=1S/C17H24FN3O4S/c1-2-21(11-17(23)20-15-7-8-26(24,25)12-15)10-16(22)19-9-13-3-5-14(18)6-4-13/h3-6,15H,2,7-12H2,1H3,(H,19,22)(H,20,23)/p+1/t15-/m0/s1. The molecule has 0 spiro atoms. The van der Waals surface area contributed by atoms with Gasteiger partial charge in [0.25, 0.3) is 11.8 Å². The van der Waals surface area contributed by atoms with Crippen molar-refractivity contribution in [2.24, 2.45) is 0 Å². The lowest BCUT2D eigenvalue weighted by Crippen LogP contribution is -3.14. The molecule has 1 fully saturated rings. The lowest BCUT2D eigenvalue weighted by atomic mass is 10.2. The van der Waals surface area contributed by atoms with E-state index in [1.165, 1.54) is 12.1 Å². The summed E-state index contributed by atoms with van der Waals surface area (Å²) in [5.41, 5.74) is 0.790. The summed E-state index contributed by atoms with van der Waals surface area (Å²) in [6.45, 7) is 2.99. The van der Waals surface area contributed by atoms with Crippen molar-refractivity contribution in [2.45, 2.75) is 25.9 Å². The first-order chi connectivity index (χ1) is 12.3. The fourth-order valence-corrected chi connectivity index (χ4v) is 4.49. The maximum atomic E-state index is 12.9. The van der Waals surface area contributed by atoms with E-state index in [9.17, 15) is 22.4 Å². The Hall–Kier alpha value is -2.00. The Kier molecular flexibility index (Phi) is 7.10. The van der Waals surface area contributed by atoms with E-state index in [1.54, 1.807) is 12.1 Å². The molecule has 0 aliphatic carbocycles. The first-order valence-electron chi connectivity index (χ1n) is 8.62. The molecule has 2 amide bonds. The second kappa shape index (κ2) is 9.09. The second-order valence-electron chi connectivity index (χ2n) is 6.53. The van der Waals surface area contributed by atoms with E-state index in [1.807, 2.05) is 6.92 Å². The average molecular weight is 386 g/mol. The van der Waals surface area contributed by atoms with Crippen molar-refractivity contribution >= 4 is 21.7 Å². The van der Waals surface area contributed by atoms with Crippen LogP contribution < -0.4 is 15.5 Å². The topological polar surface area (TPSA) is 96.8 Å². The summed E-state index contributed by atoms with van der Waals surface area (Å²) >= 11 is 0. The van der Waals surface area contributed by atoms with Crippen molar-refractivity contribution in [1.29, 1.82) is 0 Å². The van der Waals surface area contributed by atoms with Gasteiger partial charge in [0.05, 0.1) is 18.1 Å². The minimum absolute atomic E-state index is 0.0155. The highest BCUT2D eigenvalue weighted by molar-refractivity contribution is 7.91. The summed E-state index contributed by atoms with van der Waals surface area (Å²) in [4.78, 5) is 24.9. The van der Waals surface area contributed by atoms with E-state index in [4.69, 9.17) is 0 Å². The van der Waals surface area contributed by atoms with Gasteiger partial charge in [-0.3, -0.25) is 9.59 Å². The number of carbonyl (C=O) groups is 2. The highest BCUT2D eigenvalue weighted by atomic mass is 32.2. The van der Waals surface area contributed by atoms with Crippen LogP contribution in [-0.4, -0.2) is 57.4 Å². The minimum Gasteiger partial charge on any atom is -0.347 e. The quantitative estimate of drug-likeness (QED) is 0.515. The number of halogens is 1. The van der Waals surface area contributed by atoms with Crippen LogP contribution in [-0.2, 0) is 26.0 Å². The second-order valence-corrected chi connectivity index (χ2v) is 8.76. The van der Waals surface area contributed by atoms with Gasteiger partial charge in [0, 0.05) is 12.6 Å². The molecule has 1 aromatic carbocycles. The number of sulfone groups is 1. The van der Waals surface area contributed by atoms with Crippen LogP contribution in [0.4, 0.5) is 4.39 Å². The van der Waals surface area contributed by atoms with Crippen molar-refractivity contribution in [3.63, 3.8) is 0 Å². The van der Waals surface area contributed by atoms with Gasteiger partial charge in [-0.05, 0) is 31.0 Å². The van der Waals surface area contributed by atoms with Gasteiger partial charge in [-0.25, -0.2) is 12.8 Å². The number of benzene rings is 1. The Labute approximate surface area is 152 Å². The number of hydrogen-bond donors (Lipinski definition) is 3. The predicted molar refractivity (Wildman–Crippen MR) is 94.7 cm³/mol. The van der Waals surface area contributed by atoms with Gasteiger partial charge in [0.2, 0.25) is 0 Å². The predicted octanol–water partition coefficient (Wildman–Crippen LogP) is -1.35. The number of carbonyl (C=O) groups excluding carboxylic acids is 2. The van der Waals surface area contributed by atoms with Crippen molar-refractivity contribution in [2.75, 3.05) is 31.1 Å². The lowest BCUT2D eigenvalue weighted by molar-refractivity contribution is -0.881. The van der Waals surface area contributed by atoms with Crippen LogP contribution in [0.25, 0.3) is 0 Å². The van der Waals surface area contributed by atoms with Crippen LogP contribution in [0, 0.1) is 5.82 Å². The summed E-state index contributed by atoms with van der Waals surface area (Å²) in [7, 11) is -3.04. The van der Waals surface area contributed by atoms with Crippen LogP contribution in [0.5, 0.6) is 0 Å². The molecule has 1 aliphatic heterocycles. The summed E-state index contributed by atoms with van der Waals surface area (Å²) in [5.74, 6) is -0.702. The Bertz CT molecular complexity index is 737. The average Bonchev–Trinajstić information content (AvgIpc) is 2.92. The Morgan fingerprint density at radius 2 is 1.85 bits per heavy atom. The number of nitrogens with one attached hydrogen (secondary N) is 3. The summed E-state index contributed by atoms with van der Waals surface area (Å²) in [6.07, 6.45) is 0.438. The third-order valence-corrected chi connectivity index (χ3v) is 6.09. The maximum absolute atomic E-state index is 12.9. The van der Waals surface area contributed by atoms with Gasteiger partial charge in [0.15, 0.2) is 22.9 Å². The van der Waals surface area contributed by atoms with E-state index < -0.39 is 9.84 Å². The number of hydrogen-bond acceptors (Lipinski definition) is 4. The summed E-state index contributed by atoms with van der Waals surface area (Å²) in [5, 5.41) is 5.48. The molecule has 144 valence electrons. The van der Waals surface area contributed by atoms with Crippen molar-refractivity contribution in [1.82, 2.24) is 10.6 Å². The molecule has 0 radical (unpaired) electrons. The summed E-state index contributed by atoms with van der Waals surface area (Å²) in [6, 6.07) is 5.53. The van der Waals surface area contributed by atoms with Crippen LogP contribution in [0.15, 0.2) is 24.3 Å². The molecule has 1 saturated heterocycles. The molecule has 26 heavy (non-hydrogen) atoms. The molecule has 9 heteroatoms. The van der Waals surface area contributed by atoms with Gasteiger partial charge in [-0.15, -0.1) is 0 Å². The van der Waals surface area contributed by atoms with Gasteiger partial charge < -0.3 is 15.5 Å². The first-order valence-corrected chi connectivity index (χ1v) is 10.4. The highest BCUT2D eigenvalue weighted by Crippen LogP contribution is 2.10. The van der Waals surface area contributed by atoms with Gasteiger partial charge in [0.1, 0.15) is 5.82 Å². The van der Waals surface area contributed by atoms with Crippen LogP contribution in [0.2, 0.25) is 0 Å². The van der Waals surface area contributed by atoms with Crippen molar-refractivity contribution < 1.29 is 27.3 Å². The largest absolute Gasteiger partial charge is 0.347 e. The number of rotatable bonds is 8. The Morgan fingerprint density at radius 3 is 2.42 bits per heavy atom. The summed E-state index contributed by atoms with van der Waals surface area (Å²) < 4.78 is 35.7. The molecule has 2 rings (SSSR count). The molecule has 0 saturated carbocycles. The normalized spacial score (nSPS) is 19.7. The molecule has 0 aromatic heterocycles. The van der Waals surface area contributed by atoms with E-state index >= 15 is 0 Å². The number of amides is 2. The molecule has 7 nitrogen and oxygen atoms in total. The van der Waals surface area contributed by atoms with Crippen LogP contribution in [0.1, 0.15) is 18.9 Å². The first kappa shape index (κ1) is 20.3. The van der Waals surface area contributed by atoms with E-state index in [2.05, 4.69) is 10.6 Å². The Morgan fingerprint density at radius 1 is 1.19 bits per heavy atom. The Balaban J connectivity index is 1.74. The van der Waals surface area contributed by atoms with Crippen LogP contribution >= 0.6 is 0 Å². The molecule has 1 unspecified atom stereocenters. The minimum atomic E-state index is -3.04. The molecule has 3 N–H and O–H groups in total. The number of quaternary nitrogens is 1. The third-order valence-electron chi connectivity index (χ3n) is 4.32. The van der Waals surface area contributed by atoms with E-state index in [0.717, 1.165) is 10.5 Å². The van der Waals surface area contributed by atoms with Crippen molar-refractivity contribution in [3.05, 3.63) is 35.6 Å². The monoisotopic (exact) mass is 386 g/mol. The van der Waals surface area contributed by atoms with E-state index in [-0.39, 0.29) is 48.3 Å². The zero-order chi connectivity index (χ0) is 19.2. The molecule has 1 heterocycles.